The van der Waals surface area contributed by atoms with E-state index in [4.69, 9.17) is 9.15 Å². The van der Waals surface area contributed by atoms with Crippen LogP contribution in [0.25, 0.3) is 0 Å². The van der Waals surface area contributed by atoms with Crippen LogP contribution in [0.5, 0.6) is 5.75 Å². The van der Waals surface area contributed by atoms with Gasteiger partial charge in [-0.15, -0.1) is 0 Å². The molecule has 1 atom stereocenters. The Labute approximate surface area is 113 Å². The first-order valence-electron chi connectivity index (χ1n) is 6.71. The lowest BCUT2D eigenvalue weighted by Crippen LogP contribution is -2.23. The smallest absolute Gasteiger partial charge is 0.157 e. The lowest BCUT2D eigenvalue weighted by Gasteiger charge is -2.11. The largest absolute Gasteiger partial charge is 0.489 e. The normalized spacial score (nSPS) is 12.5. The van der Waals surface area contributed by atoms with Gasteiger partial charge in [-0.05, 0) is 25.5 Å². The summed E-state index contributed by atoms with van der Waals surface area (Å²) in [5.41, 5.74) is 0. The summed E-state index contributed by atoms with van der Waals surface area (Å²) in [6.45, 7) is 6.50. The van der Waals surface area contributed by atoms with Crippen molar-refractivity contribution in [3.63, 3.8) is 0 Å². The summed E-state index contributed by atoms with van der Waals surface area (Å²) in [7, 11) is 0. The molecule has 0 fully saturated rings. The molecule has 19 heavy (non-hydrogen) atoms. The SMILES string of the molecule is CCCn1cc(OCCNC(C)c2ccco2)cn1. The fourth-order valence-electron chi connectivity index (χ4n) is 1.85. The van der Waals surface area contributed by atoms with Crippen molar-refractivity contribution in [1.29, 1.82) is 0 Å². The highest BCUT2D eigenvalue weighted by atomic mass is 16.5. The molecule has 0 saturated heterocycles. The number of aryl methyl sites for hydroxylation is 1. The summed E-state index contributed by atoms with van der Waals surface area (Å²) in [6.07, 6.45) is 6.44. The molecule has 2 aromatic rings. The molecule has 1 unspecified atom stereocenters. The van der Waals surface area contributed by atoms with Crippen molar-refractivity contribution >= 4 is 0 Å². The second-order valence-electron chi connectivity index (χ2n) is 4.48. The monoisotopic (exact) mass is 263 g/mol. The number of furan rings is 1. The fourth-order valence-corrected chi connectivity index (χ4v) is 1.85. The standard InChI is InChI=1S/C14H21N3O2/c1-3-7-17-11-13(10-16-17)18-9-6-15-12(2)14-5-4-8-19-14/h4-5,8,10-12,15H,3,6-7,9H2,1-2H3. The Balaban J connectivity index is 1.66. The zero-order valence-electron chi connectivity index (χ0n) is 11.5. The third-order valence-electron chi connectivity index (χ3n) is 2.85. The van der Waals surface area contributed by atoms with Gasteiger partial charge in [-0.25, -0.2) is 0 Å². The predicted octanol–water partition coefficient (Wildman–Crippen LogP) is 2.62. The molecule has 2 aromatic heterocycles. The van der Waals surface area contributed by atoms with Crippen LogP contribution in [0, 0.1) is 0 Å². The first-order chi connectivity index (χ1) is 9.29. The molecule has 0 aliphatic rings. The van der Waals surface area contributed by atoms with E-state index in [1.807, 2.05) is 23.0 Å². The van der Waals surface area contributed by atoms with Crippen LogP contribution in [-0.4, -0.2) is 22.9 Å². The van der Waals surface area contributed by atoms with E-state index in [-0.39, 0.29) is 6.04 Å². The number of hydrogen-bond acceptors (Lipinski definition) is 4. The Morgan fingerprint density at radius 3 is 3.16 bits per heavy atom. The summed E-state index contributed by atoms with van der Waals surface area (Å²) in [4.78, 5) is 0. The van der Waals surface area contributed by atoms with Crippen molar-refractivity contribution in [2.75, 3.05) is 13.2 Å². The van der Waals surface area contributed by atoms with Gasteiger partial charge in [0.15, 0.2) is 5.75 Å². The van der Waals surface area contributed by atoms with Gasteiger partial charge < -0.3 is 14.5 Å². The van der Waals surface area contributed by atoms with Crippen LogP contribution in [-0.2, 0) is 6.54 Å². The van der Waals surface area contributed by atoms with Gasteiger partial charge in [0.05, 0.1) is 24.7 Å². The summed E-state index contributed by atoms with van der Waals surface area (Å²) in [5.74, 6) is 1.76. The molecule has 0 saturated carbocycles. The molecular formula is C14H21N3O2. The average molecular weight is 263 g/mol. The number of hydrogen-bond donors (Lipinski definition) is 1. The Hall–Kier alpha value is -1.75. The van der Waals surface area contributed by atoms with E-state index in [0.29, 0.717) is 6.61 Å². The van der Waals surface area contributed by atoms with E-state index in [1.54, 1.807) is 12.5 Å². The molecular weight excluding hydrogens is 242 g/mol. The van der Waals surface area contributed by atoms with Gasteiger partial charge in [0, 0.05) is 13.1 Å². The molecule has 2 rings (SSSR count). The molecule has 0 aliphatic carbocycles. The maximum atomic E-state index is 5.62. The number of nitrogens with one attached hydrogen (secondary N) is 1. The van der Waals surface area contributed by atoms with Crippen molar-refractivity contribution in [1.82, 2.24) is 15.1 Å². The fraction of sp³-hybridized carbons (Fsp3) is 0.500. The molecule has 2 heterocycles. The van der Waals surface area contributed by atoms with Crippen molar-refractivity contribution in [2.45, 2.75) is 32.9 Å². The maximum Gasteiger partial charge on any atom is 0.157 e. The Kier molecular flexibility index (Phi) is 5.03. The molecule has 5 nitrogen and oxygen atoms in total. The molecule has 1 N–H and O–H groups in total. The van der Waals surface area contributed by atoms with Crippen LogP contribution in [0.4, 0.5) is 0 Å². The summed E-state index contributed by atoms with van der Waals surface area (Å²) >= 11 is 0. The van der Waals surface area contributed by atoms with E-state index in [2.05, 4.69) is 24.3 Å². The van der Waals surface area contributed by atoms with Crippen LogP contribution >= 0.6 is 0 Å². The zero-order chi connectivity index (χ0) is 13.5. The van der Waals surface area contributed by atoms with Crippen LogP contribution < -0.4 is 10.1 Å². The van der Waals surface area contributed by atoms with Gasteiger partial charge in [-0.3, -0.25) is 4.68 Å². The molecule has 5 heteroatoms. The minimum Gasteiger partial charge on any atom is -0.489 e. The van der Waals surface area contributed by atoms with Crippen LogP contribution in [0.1, 0.15) is 32.1 Å². The van der Waals surface area contributed by atoms with Gasteiger partial charge in [0.25, 0.3) is 0 Å². The minimum atomic E-state index is 0.196. The maximum absolute atomic E-state index is 5.62. The Bertz CT molecular complexity index is 465. The first-order valence-corrected chi connectivity index (χ1v) is 6.71. The Morgan fingerprint density at radius 2 is 2.42 bits per heavy atom. The van der Waals surface area contributed by atoms with E-state index < -0.39 is 0 Å². The summed E-state index contributed by atoms with van der Waals surface area (Å²) < 4.78 is 12.8. The molecule has 0 radical (unpaired) electrons. The lowest BCUT2D eigenvalue weighted by atomic mass is 10.2. The summed E-state index contributed by atoms with van der Waals surface area (Å²) in [5, 5.41) is 7.56. The van der Waals surface area contributed by atoms with Gasteiger partial charge >= 0.3 is 0 Å². The van der Waals surface area contributed by atoms with Crippen LogP contribution in [0.15, 0.2) is 35.2 Å². The summed E-state index contributed by atoms with van der Waals surface area (Å²) in [6, 6.07) is 4.06. The second kappa shape index (κ2) is 6.99. The highest BCUT2D eigenvalue weighted by Crippen LogP contribution is 2.12. The first kappa shape index (κ1) is 13.7. The van der Waals surface area contributed by atoms with E-state index in [0.717, 1.165) is 31.0 Å². The molecule has 0 aromatic carbocycles. The molecule has 104 valence electrons. The predicted molar refractivity (Wildman–Crippen MR) is 73.1 cm³/mol. The van der Waals surface area contributed by atoms with Crippen LogP contribution in [0.2, 0.25) is 0 Å². The van der Waals surface area contributed by atoms with Gasteiger partial charge in [0.1, 0.15) is 12.4 Å². The van der Waals surface area contributed by atoms with Crippen molar-refractivity contribution in [3.8, 4) is 5.75 Å². The average Bonchev–Trinajstić information content (AvgIpc) is 3.06. The molecule has 0 bridgehead atoms. The van der Waals surface area contributed by atoms with Crippen molar-refractivity contribution < 1.29 is 9.15 Å². The number of ether oxygens (including phenoxy) is 1. The van der Waals surface area contributed by atoms with Crippen molar-refractivity contribution in [3.05, 3.63) is 36.5 Å². The molecule has 0 spiro atoms. The van der Waals surface area contributed by atoms with E-state index >= 15 is 0 Å². The second-order valence-corrected chi connectivity index (χ2v) is 4.48. The third-order valence-corrected chi connectivity index (χ3v) is 2.85. The van der Waals surface area contributed by atoms with Gasteiger partial charge in [0.2, 0.25) is 0 Å². The van der Waals surface area contributed by atoms with E-state index in [9.17, 15) is 0 Å². The topological polar surface area (TPSA) is 52.2 Å². The van der Waals surface area contributed by atoms with Crippen molar-refractivity contribution in [2.24, 2.45) is 0 Å². The Morgan fingerprint density at radius 1 is 1.53 bits per heavy atom. The zero-order valence-corrected chi connectivity index (χ0v) is 11.5. The molecule has 0 aliphatic heterocycles. The number of aromatic nitrogens is 2. The van der Waals surface area contributed by atoms with E-state index in [1.165, 1.54) is 0 Å². The van der Waals surface area contributed by atoms with Crippen LogP contribution in [0.3, 0.4) is 0 Å². The molecule has 0 amide bonds. The quantitative estimate of drug-likeness (QED) is 0.744. The third kappa shape index (κ3) is 4.13. The lowest BCUT2D eigenvalue weighted by molar-refractivity contribution is 0.301. The number of rotatable bonds is 8. The minimum absolute atomic E-state index is 0.196. The van der Waals surface area contributed by atoms with Gasteiger partial charge in [-0.1, -0.05) is 6.92 Å². The number of nitrogens with zero attached hydrogens (tertiary/aromatic N) is 2. The highest BCUT2D eigenvalue weighted by Gasteiger charge is 2.06. The highest BCUT2D eigenvalue weighted by molar-refractivity contribution is 5.11. The van der Waals surface area contributed by atoms with Gasteiger partial charge in [-0.2, -0.15) is 5.10 Å².